The van der Waals surface area contributed by atoms with Crippen molar-refractivity contribution in [3.05, 3.63) is 0 Å². The van der Waals surface area contributed by atoms with Crippen LogP contribution in [0.4, 0.5) is 0 Å². The van der Waals surface area contributed by atoms with Crippen molar-refractivity contribution in [1.82, 2.24) is 20.4 Å². The molecule has 136 valence electrons. The summed E-state index contributed by atoms with van der Waals surface area (Å²) in [7, 11) is 0. The first-order valence-electron chi connectivity index (χ1n) is 9.73. The van der Waals surface area contributed by atoms with Crippen molar-refractivity contribution in [2.45, 2.75) is 63.5 Å². The van der Waals surface area contributed by atoms with Crippen LogP contribution in [0.3, 0.4) is 0 Å². The minimum atomic E-state index is 0.150. The second-order valence-corrected chi connectivity index (χ2v) is 7.56. The monoisotopic (exact) mass is 336 g/mol. The number of nitrogens with one attached hydrogen (secondary N) is 2. The van der Waals surface area contributed by atoms with Gasteiger partial charge in [-0.15, -0.1) is 0 Å². The van der Waals surface area contributed by atoms with Gasteiger partial charge in [-0.2, -0.15) is 0 Å². The SMILES string of the molecule is O=C(CN1CCN(C(=O)CC2CCCN2)CC1)NC1CCCCC1. The van der Waals surface area contributed by atoms with Crippen molar-refractivity contribution in [3.8, 4) is 0 Å². The maximum absolute atomic E-state index is 12.3. The summed E-state index contributed by atoms with van der Waals surface area (Å²) in [5.74, 6) is 0.414. The molecule has 3 aliphatic rings. The fraction of sp³-hybridized carbons (Fsp3) is 0.889. The van der Waals surface area contributed by atoms with E-state index < -0.39 is 0 Å². The lowest BCUT2D eigenvalue weighted by molar-refractivity contribution is -0.133. The number of nitrogens with zero attached hydrogens (tertiary/aromatic N) is 2. The largest absolute Gasteiger partial charge is 0.352 e. The summed E-state index contributed by atoms with van der Waals surface area (Å²) >= 11 is 0. The molecule has 2 heterocycles. The van der Waals surface area contributed by atoms with Crippen LogP contribution in [0.15, 0.2) is 0 Å². The van der Waals surface area contributed by atoms with Gasteiger partial charge in [-0.25, -0.2) is 0 Å². The molecular weight excluding hydrogens is 304 g/mol. The molecule has 1 unspecified atom stereocenters. The lowest BCUT2D eigenvalue weighted by atomic mass is 9.95. The highest BCUT2D eigenvalue weighted by Gasteiger charge is 2.26. The van der Waals surface area contributed by atoms with Gasteiger partial charge in [0, 0.05) is 44.7 Å². The Morgan fingerprint density at radius 2 is 1.71 bits per heavy atom. The van der Waals surface area contributed by atoms with Gasteiger partial charge >= 0.3 is 0 Å². The van der Waals surface area contributed by atoms with E-state index >= 15 is 0 Å². The van der Waals surface area contributed by atoms with Gasteiger partial charge in [-0.3, -0.25) is 14.5 Å². The van der Waals surface area contributed by atoms with E-state index in [9.17, 15) is 9.59 Å². The van der Waals surface area contributed by atoms with Gasteiger partial charge in [0.1, 0.15) is 0 Å². The first-order valence-corrected chi connectivity index (χ1v) is 9.73. The summed E-state index contributed by atoms with van der Waals surface area (Å²) in [6.45, 7) is 4.64. The molecule has 1 aliphatic carbocycles. The molecule has 0 bridgehead atoms. The van der Waals surface area contributed by atoms with Gasteiger partial charge in [0.15, 0.2) is 0 Å². The summed E-state index contributed by atoms with van der Waals surface area (Å²) in [6.07, 6.45) is 8.96. The van der Waals surface area contributed by atoms with E-state index in [1.807, 2.05) is 4.90 Å². The van der Waals surface area contributed by atoms with E-state index in [0.29, 0.717) is 25.0 Å². The van der Waals surface area contributed by atoms with Crippen LogP contribution in [-0.2, 0) is 9.59 Å². The lowest BCUT2D eigenvalue weighted by Crippen LogP contribution is -2.52. The zero-order chi connectivity index (χ0) is 16.8. The standard InChI is InChI=1S/C18H32N4O2/c23-17(20-15-5-2-1-3-6-15)14-21-9-11-22(12-10-21)18(24)13-16-7-4-8-19-16/h15-16,19H,1-14H2,(H,20,23). The summed E-state index contributed by atoms with van der Waals surface area (Å²) in [5, 5.41) is 6.57. The first-order chi connectivity index (χ1) is 11.7. The molecule has 2 N–H and O–H groups in total. The Bertz CT molecular complexity index is 423. The van der Waals surface area contributed by atoms with Gasteiger partial charge in [-0.1, -0.05) is 19.3 Å². The van der Waals surface area contributed by atoms with Crippen molar-refractivity contribution in [1.29, 1.82) is 0 Å². The number of rotatable bonds is 5. The number of piperazine rings is 1. The zero-order valence-electron chi connectivity index (χ0n) is 14.8. The normalized spacial score (nSPS) is 26.5. The Morgan fingerprint density at radius 3 is 2.38 bits per heavy atom. The second kappa shape index (κ2) is 8.81. The van der Waals surface area contributed by atoms with Crippen LogP contribution in [0.25, 0.3) is 0 Å². The van der Waals surface area contributed by atoms with Crippen LogP contribution < -0.4 is 10.6 Å². The topological polar surface area (TPSA) is 64.7 Å². The van der Waals surface area contributed by atoms with E-state index in [0.717, 1.165) is 52.0 Å². The Balaban J connectivity index is 1.33. The van der Waals surface area contributed by atoms with E-state index in [1.54, 1.807) is 0 Å². The predicted octanol–water partition coefficient (Wildman–Crippen LogP) is 0.722. The minimum Gasteiger partial charge on any atom is -0.352 e. The van der Waals surface area contributed by atoms with Gasteiger partial charge < -0.3 is 15.5 Å². The van der Waals surface area contributed by atoms with Crippen molar-refractivity contribution >= 4 is 11.8 Å². The third-order valence-corrected chi connectivity index (χ3v) is 5.65. The van der Waals surface area contributed by atoms with Gasteiger partial charge in [-0.05, 0) is 32.2 Å². The molecular formula is C18H32N4O2. The molecule has 3 fully saturated rings. The van der Waals surface area contributed by atoms with E-state index in [4.69, 9.17) is 0 Å². The Morgan fingerprint density at radius 1 is 0.958 bits per heavy atom. The van der Waals surface area contributed by atoms with E-state index in [2.05, 4.69) is 15.5 Å². The molecule has 0 aromatic heterocycles. The third-order valence-electron chi connectivity index (χ3n) is 5.65. The van der Waals surface area contributed by atoms with Crippen molar-refractivity contribution in [2.75, 3.05) is 39.3 Å². The van der Waals surface area contributed by atoms with Crippen LogP contribution >= 0.6 is 0 Å². The summed E-state index contributed by atoms with van der Waals surface area (Å²) in [5.41, 5.74) is 0. The highest BCUT2D eigenvalue weighted by molar-refractivity contribution is 5.79. The first kappa shape index (κ1) is 17.7. The number of amides is 2. The van der Waals surface area contributed by atoms with Crippen LogP contribution in [0, 0.1) is 0 Å². The fourth-order valence-corrected chi connectivity index (χ4v) is 4.15. The molecule has 0 radical (unpaired) electrons. The van der Waals surface area contributed by atoms with Crippen LogP contribution in [0.1, 0.15) is 51.4 Å². The molecule has 0 spiro atoms. The molecule has 6 nitrogen and oxygen atoms in total. The Kier molecular flexibility index (Phi) is 6.49. The highest BCUT2D eigenvalue weighted by atomic mass is 16.2. The molecule has 1 saturated carbocycles. The highest BCUT2D eigenvalue weighted by Crippen LogP contribution is 2.17. The van der Waals surface area contributed by atoms with Crippen LogP contribution in [0.2, 0.25) is 0 Å². The molecule has 0 aromatic rings. The average molecular weight is 336 g/mol. The Labute approximate surface area is 145 Å². The molecule has 0 aromatic carbocycles. The predicted molar refractivity (Wildman–Crippen MR) is 93.7 cm³/mol. The maximum atomic E-state index is 12.3. The molecule has 2 saturated heterocycles. The molecule has 2 aliphatic heterocycles. The van der Waals surface area contributed by atoms with Gasteiger partial charge in [0.2, 0.25) is 11.8 Å². The van der Waals surface area contributed by atoms with Crippen LogP contribution in [0.5, 0.6) is 0 Å². The summed E-state index contributed by atoms with van der Waals surface area (Å²) in [4.78, 5) is 28.7. The minimum absolute atomic E-state index is 0.150. The quantitative estimate of drug-likeness (QED) is 0.777. The van der Waals surface area contributed by atoms with Crippen LogP contribution in [-0.4, -0.2) is 73.0 Å². The molecule has 3 rings (SSSR count). The lowest BCUT2D eigenvalue weighted by Gasteiger charge is -2.35. The average Bonchev–Trinajstić information content (AvgIpc) is 3.09. The molecule has 24 heavy (non-hydrogen) atoms. The van der Waals surface area contributed by atoms with Gasteiger partial charge in [0.25, 0.3) is 0 Å². The maximum Gasteiger partial charge on any atom is 0.234 e. The number of hydrogen-bond donors (Lipinski definition) is 2. The molecule has 1 atom stereocenters. The van der Waals surface area contributed by atoms with E-state index in [1.165, 1.54) is 25.7 Å². The zero-order valence-corrected chi connectivity index (χ0v) is 14.8. The second-order valence-electron chi connectivity index (χ2n) is 7.56. The van der Waals surface area contributed by atoms with Crippen molar-refractivity contribution < 1.29 is 9.59 Å². The van der Waals surface area contributed by atoms with E-state index in [-0.39, 0.29) is 11.8 Å². The summed E-state index contributed by atoms with van der Waals surface area (Å²) < 4.78 is 0. The number of carbonyl (C=O) groups is 2. The van der Waals surface area contributed by atoms with Crippen molar-refractivity contribution in [3.63, 3.8) is 0 Å². The molecule has 6 heteroatoms. The molecule has 2 amide bonds. The third kappa shape index (κ3) is 5.18. The fourth-order valence-electron chi connectivity index (χ4n) is 4.15. The van der Waals surface area contributed by atoms with Gasteiger partial charge in [0.05, 0.1) is 6.54 Å². The number of carbonyl (C=O) groups excluding carboxylic acids is 2. The smallest absolute Gasteiger partial charge is 0.234 e. The Hall–Kier alpha value is -1.14. The summed E-state index contributed by atoms with van der Waals surface area (Å²) in [6, 6.07) is 0.754. The van der Waals surface area contributed by atoms with Crippen molar-refractivity contribution in [2.24, 2.45) is 0 Å². The number of hydrogen-bond acceptors (Lipinski definition) is 4.